The quantitative estimate of drug-likeness (QED) is 0.443. The summed E-state index contributed by atoms with van der Waals surface area (Å²) in [6, 6.07) is 1.31. The molecule has 2 rings (SSSR count). The number of hydrogen-bond acceptors (Lipinski definition) is 3. The van der Waals surface area contributed by atoms with Gasteiger partial charge in [0.05, 0.1) is 0 Å². The standard InChI is InChI=1S/C13H25N3O/c1-10(6-7-13(17)15-14)16-9-8-11-4-2-3-5-12(11)16/h10-12H,2-9,14H2,1H3,(H,15,17). The summed E-state index contributed by atoms with van der Waals surface area (Å²) in [6.45, 7) is 3.47. The van der Waals surface area contributed by atoms with Crippen LogP contribution in [0.25, 0.3) is 0 Å². The Morgan fingerprint density at radius 3 is 2.94 bits per heavy atom. The highest BCUT2D eigenvalue weighted by molar-refractivity contribution is 5.75. The molecule has 0 aromatic heterocycles. The van der Waals surface area contributed by atoms with Crippen molar-refractivity contribution >= 4 is 5.91 Å². The van der Waals surface area contributed by atoms with Crippen molar-refractivity contribution in [2.75, 3.05) is 6.54 Å². The molecule has 17 heavy (non-hydrogen) atoms. The van der Waals surface area contributed by atoms with Crippen LogP contribution in [0.4, 0.5) is 0 Å². The van der Waals surface area contributed by atoms with Gasteiger partial charge >= 0.3 is 0 Å². The average Bonchev–Trinajstić information content (AvgIpc) is 2.79. The summed E-state index contributed by atoms with van der Waals surface area (Å²) in [4.78, 5) is 13.8. The highest BCUT2D eigenvalue weighted by Gasteiger charge is 2.37. The minimum absolute atomic E-state index is 0.0451. The van der Waals surface area contributed by atoms with E-state index in [0.29, 0.717) is 12.5 Å². The Bertz CT molecular complexity index is 269. The Labute approximate surface area is 104 Å². The van der Waals surface area contributed by atoms with Gasteiger partial charge in [-0.3, -0.25) is 15.1 Å². The molecule has 0 aromatic rings. The van der Waals surface area contributed by atoms with E-state index >= 15 is 0 Å². The van der Waals surface area contributed by atoms with Gasteiger partial charge in [-0.25, -0.2) is 5.84 Å². The molecule has 1 aliphatic heterocycles. The van der Waals surface area contributed by atoms with E-state index in [1.807, 2.05) is 0 Å². The lowest BCUT2D eigenvalue weighted by molar-refractivity contribution is -0.121. The molecule has 98 valence electrons. The molecule has 3 N–H and O–H groups in total. The monoisotopic (exact) mass is 239 g/mol. The fourth-order valence-electron chi connectivity index (χ4n) is 3.57. The minimum atomic E-state index is -0.0451. The largest absolute Gasteiger partial charge is 0.297 e. The van der Waals surface area contributed by atoms with Crippen LogP contribution in [-0.2, 0) is 4.79 Å². The van der Waals surface area contributed by atoms with Gasteiger partial charge < -0.3 is 0 Å². The van der Waals surface area contributed by atoms with Crippen molar-refractivity contribution in [3.05, 3.63) is 0 Å². The van der Waals surface area contributed by atoms with Gasteiger partial charge in [0.1, 0.15) is 0 Å². The second-order valence-electron chi connectivity index (χ2n) is 5.59. The third-order valence-corrected chi connectivity index (χ3v) is 4.57. The van der Waals surface area contributed by atoms with Crippen LogP contribution >= 0.6 is 0 Å². The van der Waals surface area contributed by atoms with E-state index < -0.39 is 0 Å². The Morgan fingerprint density at radius 1 is 1.41 bits per heavy atom. The van der Waals surface area contributed by atoms with Gasteiger partial charge in [-0.2, -0.15) is 0 Å². The number of nitrogens with zero attached hydrogens (tertiary/aromatic N) is 1. The van der Waals surface area contributed by atoms with Gasteiger partial charge in [-0.05, 0) is 45.1 Å². The first kappa shape index (κ1) is 12.8. The molecule has 1 heterocycles. The van der Waals surface area contributed by atoms with Crippen LogP contribution in [0, 0.1) is 5.92 Å². The molecule has 4 nitrogen and oxygen atoms in total. The van der Waals surface area contributed by atoms with Crippen molar-refractivity contribution in [2.24, 2.45) is 11.8 Å². The molecule has 1 amide bonds. The van der Waals surface area contributed by atoms with Crippen molar-refractivity contribution in [1.29, 1.82) is 0 Å². The maximum absolute atomic E-state index is 11.2. The Balaban J connectivity index is 1.82. The fraction of sp³-hybridized carbons (Fsp3) is 0.923. The zero-order valence-corrected chi connectivity index (χ0v) is 10.8. The number of fused-ring (bicyclic) bond motifs is 1. The first-order chi connectivity index (χ1) is 8.22. The molecule has 3 unspecified atom stereocenters. The normalized spacial score (nSPS) is 30.9. The van der Waals surface area contributed by atoms with Crippen molar-refractivity contribution in [2.45, 2.75) is 64.0 Å². The van der Waals surface area contributed by atoms with E-state index in [1.165, 1.54) is 38.6 Å². The zero-order valence-electron chi connectivity index (χ0n) is 10.8. The minimum Gasteiger partial charge on any atom is -0.297 e. The van der Waals surface area contributed by atoms with Gasteiger partial charge in [-0.1, -0.05) is 12.8 Å². The molecule has 0 bridgehead atoms. The molecule has 3 atom stereocenters. The molecular weight excluding hydrogens is 214 g/mol. The molecule has 4 heteroatoms. The Morgan fingerprint density at radius 2 is 2.18 bits per heavy atom. The predicted octanol–water partition coefficient (Wildman–Crippen LogP) is 1.41. The average molecular weight is 239 g/mol. The van der Waals surface area contributed by atoms with E-state index in [0.717, 1.165) is 18.4 Å². The number of likely N-dealkylation sites (tertiary alicyclic amines) is 1. The van der Waals surface area contributed by atoms with Crippen molar-refractivity contribution < 1.29 is 4.79 Å². The summed E-state index contributed by atoms with van der Waals surface area (Å²) in [5.41, 5.74) is 2.21. The molecule has 0 radical (unpaired) electrons. The second-order valence-corrected chi connectivity index (χ2v) is 5.59. The summed E-state index contributed by atoms with van der Waals surface area (Å²) in [7, 11) is 0. The topological polar surface area (TPSA) is 58.4 Å². The van der Waals surface area contributed by atoms with Gasteiger partial charge in [0.2, 0.25) is 5.91 Å². The molecule has 1 saturated carbocycles. The SMILES string of the molecule is CC(CCC(=O)NN)N1CCC2CCCCC21. The van der Waals surface area contributed by atoms with Crippen LogP contribution in [0.15, 0.2) is 0 Å². The lowest BCUT2D eigenvalue weighted by Crippen LogP contribution is -2.41. The van der Waals surface area contributed by atoms with Gasteiger partial charge in [0.25, 0.3) is 0 Å². The van der Waals surface area contributed by atoms with E-state index in [1.54, 1.807) is 0 Å². The third-order valence-electron chi connectivity index (χ3n) is 4.57. The molecule has 0 spiro atoms. The smallest absolute Gasteiger partial charge is 0.233 e. The molecule has 2 fully saturated rings. The van der Waals surface area contributed by atoms with Gasteiger partial charge in [-0.15, -0.1) is 0 Å². The number of amides is 1. The number of rotatable bonds is 4. The van der Waals surface area contributed by atoms with Crippen LogP contribution < -0.4 is 11.3 Å². The summed E-state index contributed by atoms with van der Waals surface area (Å²) < 4.78 is 0. The first-order valence-corrected chi connectivity index (χ1v) is 6.97. The molecule has 2 aliphatic rings. The van der Waals surface area contributed by atoms with Crippen molar-refractivity contribution in [1.82, 2.24) is 10.3 Å². The van der Waals surface area contributed by atoms with Gasteiger partial charge in [0.15, 0.2) is 0 Å². The Kier molecular flexibility index (Phi) is 4.40. The van der Waals surface area contributed by atoms with Crippen LogP contribution in [0.2, 0.25) is 0 Å². The molecular formula is C13H25N3O. The maximum atomic E-state index is 11.2. The first-order valence-electron chi connectivity index (χ1n) is 6.97. The lowest BCUT2D eigenvalue weighted by Gasteiger charge is -2.35. The summed E-state index contributed by atoms with van der Waals surface area (Å²) >= 11 is 0. The molecule has 0 aromatic carbocycles. The van der Waals surface area contributed by atoms with Crippen LogP contribution in [0.3, 0.4) is 0 Å². The van der Waals surface area contributed by atoms with E-state index in [9.17, 15) is 4.79 Å². The number of nitrogens with two attached hydrogens (primary N) is 1. The molecule has 1 aliphatic carbocycles. The maximum Gasteiger partial charge on any atom is 0.233 e. The van der Waals surface area contributed by atoms with E-state index in [-0.39, 0.29) is 5.91 Å². The van der Waals surface area contributed by atoms with Crippen molar-refractivity contribution in [3.63, 3.8) is 0 Å². The summed E-state index contributed by atoms with van der Waals surface area (Å²) in [6.07, 6.45) is 8.40. The summed E-state index contributed by atoms with van der Waals surface area (Å²) in [5.74, 6) is 5.99. The number of nitrogens with one attached hydrogen (secondary N) is 1. The van der Waals surface area contributed by atoms with Crippen LogP contribution in [-0.4, -0.2) is 29.4 Å². The van der Waals surface area contributed by atoms with Crippen molar-refractivity contribution in [3.8, 4) is 0 Å². The lowest BCUT2D eigenvalue weighted by atomic mass is 9.85. The second kappa shape index (κ2) is 5.83. The zero-order chi connectivity index (χ0) is 12.3. The number of carbonyl (C=O) groups excluding carboxylic acids is 1. The highest BCUT2D eigenvalue weighted by atomic mass is 16.2. The third kappa shape index (κ3) is 2.99. The highest BCUT2D eigenvalue weighted by Crippen LogP contribution is 2.37. The van der Waals surface area contributed by atoms with Gasteiger partial charge in [0, 0.05) is 18.5 Å². The number of hydrazine groups is 1. The number of carbonyl (C=O) groups is 1. The summed E-state index contributed by atoms with van der Waals surface area (Å²) in [5, 5.41) is 0. The van der Waals surface area contributed by atoms with E-state index in [2.05, 4.69) is 17.2 Å². The fourth-order valence-corrected chi connectivity index (χ4v) is 3.57. The number of hydrogen-bond donors (Lipinski definition) is 2. The van der Waals surface area contributed by atoms with Crippen LogP contribution in [0.5, 0.6) is 0 Å². The van der Waals surface area contributed by atoms with E-state index in [4.69, 9.17) is 5.84 Å². The Hall–Kier alpha value is -0.610. The van der Waals surface area contributed by atoms with Crippen LogP contribution in [0.1, 0.15) is 51.9 Å². The molecule has 1 saturated heterocycles. The predicted molar refractivity (Wildman–Crippen MR) is 68.1 cm³/mol.